The maximum absolute atomic E-state index is 12.5. The van der Waals surface area contributed by atoms with Crippen LogP contribution in [0.5, 0.6) is 0 Å². The molecule has 0 saturated heterocycles. The molecule has 0 aliphatic rings. The van der Waals surface area contributed by atoms with Gasteiger partial charge in [0.25, 0.3) is 0 Å². The van der Waals surface area contributed by atoms with Gasteiger partial charge in [0.05, 0.1) is 17.9 Å². The fraction of sp³-hybridized carbons (Fsp3) is 0.786. The molecule has 1 aromatic heterocycles. The Morgan fingerprint density at radius 3 is 2.29 bits per heavy atom. The van der Waals surface area contributed by atoms with Crippen molar-refractivity contribution in [3.8, 4) is 0 Å². The third-order valence-corrected chi connectivity index (χ3v) is 4.91. The van der Waals surface area contributed by atoms with Gasteiger partial charge < -0.3 is 5.32 Å². The maximum atomic E-state index is 12.5. The second-order valence-corrected chi connectivity index (χ2v) is 8.31. The minimum Gasteiger partial charge on any atom is -0.313 e. The molecule has 2 N–H and O–H groups in total. The largest absolute Gasteiger partial charge is 0.313 e. The Morgan fingerprint density at radius 2 is 1.81 bits per heavy atom. The van der Waals surface area contributed by atoms with Crippen molar-refractivity contribution in [2.45, 2.75) is 71.5 Å². The van der Waals surface area contributed by atoms with Crippen LogP contribution in [0, 0.1) is 13.8 Å². The summed E-state index contributed by atoms with van der Waals surface area (Å²) < 4.78 is 29.4. The van der Waals surface area contributed by atoms with Gasteiger partial charge in [-0.3, -0.25) is 4.68 Å². The molecule has 0 aliphatic carbocycles. The van der Waals surface area contributed by atoms with Crippen LogP contribution in [-0.2, 0) is 16.6 Å². The van der Waals surface area contributed by atoms with Crippen LogP contribution in [0.1, 0.15) is 46.0 Å². The summed E-state index contributed by atoms with van der Waals surface area (Å²) in [5, 5.41) is 7.66. The van der Waals surface area contributed by atoms with Crippen molar-refractivity contribution in [2.75, 3.05) is 6.54 Å². The lowest BCUT2D eigenvalue weighted by atomic mass is 10.1. The van der Waals surface area contributed by atoms with E-state index in [1.165, 1.54) is 0 Å². The van der Waals surface area contributed by atoms with Crippen LogP contribution in [0.25, 0.3) is 0 Å². The Bertz CT molecular complexity index is 583. The van der Waals surface area contributed by atoms with Crippen molar-refractivity contribution in [3.05, 3.63) is 11.4 Å². The smallest absolute Gasteiger partial charge is 0.244 e. The third kappa shape index (κ3) is 5.09. The lowest BCUT2D eigenvalue weighted by Gasteiger charge is -2.20. The number of aryl methyl sites for hydroxylation is 1. The van der Waals surface area contributed by atoms with Gasteiger partial charge >= 0.3 is 0 Å². The van der Waals surface area contributed by atoms with E-state index >= 15 is 0 Å². The van der Waals surface area contributed by atoms with Crippen LogP contribution < -0.4 is 10.0 Å². The predicted molar refractivity (Wildman–Crippen MR) is 84.9 cm³/mol. The van der Waals surface area contributed by atoms with Gasteiger partial charge in [0.2, 0.25) is 10.0 Å². The molecule has 0 unspecified atom stereocenters. The third-order valence-electron chi connectivity index (χ3n) is 2.90. The molecule has 0 aliphatic heterocycles. The second kappa shape index (κ2) is 6.46. The minimum absolute atomic E-state index is 0.293. The van der Waals surface area contributed by atoms with Crippen molar-refractivity contribution in [3.63, 3.8) is 0 Å². The molecule has 6 nitrogen and oxygen atoms in total. The van der Waals surface area contributed by atoms with Gasteiger partial charge in [0.1, 0.15) is 4.90 Å². The lowest BCUT2D eigenvalue weighted by molar-refractivity contribution is 0.489. The molecule has 0 atom stereocenters. The summed E-state index contributed by atoms with van der Waals surface area (Å²) in [7, 11) is -3.55. The van der Waals surface area contributed by atoms with E-state index in [0.29, 0.717) is 28.9 Å². The number of nitrogens with one attached hydrogen (secondary N) is 2. The predicted octanol–water partition coefficient (Wildman–Crippen LogP) is 1.57. The van der Waals surface area contributed by atoms with E-state index in [4.69, 9.17) is 0 Å². The summed E-state index contributed by atoms with van der Waals surface area (Å²) in [5.41, 5.74) is 0.697. The zero-order valence-corrected chi connectivity index (χ0v) is 14.9. The van der Waals surface area contributed by atoms with E-state index in [2.05, 4.69) is 29.0 Å². The van der Waals surface area contributed by atoms with Gasteiger partial charge in [-0.05, 0) is 34.6 Å². The van der Waals surface area contributed by atoms with Gasteiger partial charge in [-0.15, -0.1) is 0 Å². The standard InChI is InChI=1S/C14H28N4O2S/c1-10(2)15-8-9-18-12(4)13(11(3)16-18)21(19,20)17-14(5,6)7/h10,15,17H,8-9H2,1-7H3. The van der Waals surface area contributed by atoms with Crippen molar-refractivity contribution in [1.29, 1.82) is 0 Å². The highest BCUT2D eigenvalue weighted by Crippen LogP contribution is 2.20. The molecule has 0 radical (unpaired) electrons. The van der Waals surface area contributed by atoms with E-state index < -0.39 is 15.6 Å². The van der Waals surface area contributed by atoms with Gasteiger partial charge in [-0.2, -0.15) is 5.10 Å². The number of aromatic nitrogens is 2. The van der Waals surface area contributed by atoms with Gasteiger partial charge in [-0.25, -0.2) is 13.1 Å². The lowest BCUT2D eigenvalue weighted by Crippen LogP contribution is -2.40. The normalized spacial score (nSPS) is 13.1. The fourth-order valence-corrected chi connectivity index (χ4v) is 4.03. The van der Waals surface area contributed by atoms with Crippen molar-refractivity contribution in [2.24, 2.45) is 0 Å². The number of hydrogen-bond acceptors (Lipinski definition) is 4. The molecule has 7 heteroatoms. The average Bonchev–Trinajstić information content (AvgIpc) is 2.50. The first kappa shape index (κ1) is 18.1. The van der Waals surface area contributed by atoms with Crippen LogP contribution >= 0.6 is 0 Å². The average molecular weight is 316 g/mol. The van der Waals surface area contributed by atoms with E-state index in [9.17, 15) is 8.42 Å². The van der Waals surface area contributed by atoms with Crippen LogP contribution in [0.4, 0.5) is 0 Å². The quantitative estimate of drug-likeness (QED) is 0.835. The Balaban J connectivity index is 3.02. The molecule has 1 aromatic rings. The Labute approximate surface area is 128 Å². The number of hydrogen-bond donors (Lipinski definition) is 2. The molecule has 1 rings (SSSR count). The van der Waals surface area contributed by atoms with E-state index in [1.54, 1.807) is 18.5 Å². The summed E-state index contributed by atoms with van der Waals surface area (Å²) in [5.74, 6) is 0. The highest BCUT2D eigenvalue weighted by Gasteiger charge is 2.28. The van der Waals surface area contributed by atoms with Crippen molar-refractivity contribution < 1.29 is 8.42 Å². The molecule has 0 spiro atoms. The Kier molecular flexibility index (Phi) is 5.57. The molecular formula is C14H28N4O2S. The van der Waals surface area contributed by atoms with E-state index in [1.807, 2.05) is 20.8 Å². The SMILES string of the molecule is Cc1nn(CCNC(C)C)c(C)c1S(=O)(=O)NC(C)(C)C. The van der Waals surface area contributed by atoms with Gasteiger partial charge in [0.15, 0.2) is 0 Å². The van der Waals surface area contributed by atoms with Crippen molar-refractivity contribution in [1.82, 2.24) is 19.8 Å². The van der Waals surface area contributed by atoms with Gasteiger partial charge in [-0.1, -0.05) is 13.8 Å². The van der Waals surface area contributed by atoms with Gasteiger partial charge in [0, 0.05) is 18.1 Å². The summed E-state index contributed by atoms with van der Waals surface area (Å²) >= 11 is 0. The number of nitrogens with zero attached hydrogens (tertiary/aromatic N) is 2. The zero-order chi connectivity index (χ0) is 16.4. The van der Waals surface area contributed by atoms with Crippen molar-refractivity contribution >= 4 is 10.0 Å². The first-order chi connectivity index (χ1) is 9.44. The molecule has 0 amide bonds. The highest BCUT2D eigenvalue weighted by molar-refractivity contribution is 7.89. The Morgan fingerprint density at radius 1 is 1.24 bits per heavy atom. The summed E-state index contributed by atoms with van der Waals surface area (Å²) in [6.45, 7) is 14.6. The molecule has 0 bridgehead atoms. The fourth-order valence-electron chi connectivity index (χ4n) is 2.20. The summed E-state index contributed by atoms with van der Waals surface area (Å²) in [4.78, 5) is 0.293. The minimum atomic E-state index is -3.55. The first-order valence-electron chi connectivity index (χ1n) is 7.25. The molecular weight excluding hydrogens is 288 g/mol. The molecule has 1 heterocycles. The zero-order valence-electron chi connectivity index (χ0n) is 14.1. The van der Waals surface area contributed by atoms with Crippen LogP contribution in [0.3, 0.4) is 0 Å². The molecule has 0 fully saturated rings. The highest BCUT2D eigenvalue weighted by atomic mass is 32.2. The molecule has 21 heavy (non-hydrogen) atoms. The number of rotatable bonds is 6. The van der Waals surface area contributed by atoms with E-state index in [0.717, 1.165) is 6.54 Å². The molecule has 122 valence electrons. The van der Waals surface area contributed by atoms with Crippen LogP contribution in [0.2, 0.25) is 0 Å². The van der Waals surface area contributed by atoms with Crippen LogP contribution in [-0.4, -0.2) is 36.3 Å². The Hall–Kier alpha value is -0.920. The van der Waals surface area contributed by atoms with E-state index in [-0.39, 0.29) is 0 Å². The summed E-state index contributed by atoms with van der Waals surface area (Å²) in [6, 6.07) is 0.396. The monoisotopic (exact) mass is 316 g/mol. The number of sulfonamides is 1. The maximum Gasteiger partial charge on any atom is 0.244 e. The first-order valence-corrected chi connectivity index (χ1v) is 8.74. The molecule has 0 aromatic carbocycles. The van der Waals surface area contributed by atoms with Crippen LogP contribution in [0.15, 0.2) is 4.90 Å². The summed E-state index contributed by atoms with van der Waals surface area (Å²) in [6.07, 6.45) is 0. The topological polar surface area (TPSA) is 76.0 Å². The second-order valence-electron chi connectivity index (χ2n) is 6.69. The molecule has 0 saturated carbocycles.